The lowest BCUT2D eigenvalue weighted by Gasteiger charge is -2.06. The summed E-state index contributed by atoms with van der Waals surface area (Å²) in [5, 5.41) is 11.5. The molecule has 0 spiro atoms. The first kappa shape index (κ1) is 13.8. The maximum absolute atomic E-state index is 12.0. The highest BCUT2D eigenvalue weighted by Crippen LogP contribution is 2.16. The van der Waals surface area contributed by atoms with Crippen molar-refractivity contribution in [3.8, 4) is 11.8 Å². The molecule has 1 amide bonds. The van der Waals surface area contributed by atoms with E-state index in [4.69, 9.17) is 9.52 Å². The number of carbonyl (C=O) groups excluding carboxylic acids is 1. The molecular weight excluding hydrogens is 256 g/mol. The van der Waals surface area contributed by atoms with Gasteiger partial charge in [-0.25, -0.2) is 4.98 Å². The number of rotatable bonds is 2. The van der Waals surface area contributed by atoms with Crippen LogP contribution in [0.3, 0.4) is 0 Å². The number of aliphatic hydroxyl groups is 1. The molecule has 0 bridgehead atoms. The Labute approximate surface area is 116 Å². The molecular formula is C15H14N2O3. The van der Waals surface area contributed by atoms with Crippen LogP contribution in [0.1, 0.15) is 27.4 Å². The fourth-order valence-corrected chi connectivity index (χ4v) is 1.68. The Morgan fingerprint density at radius 1 is 1.45 bits per heavy atom. The number of aromatic nitrogens is 1. The Hall–Kier alpha value is -2.58. The highest BCUT2D eigenvalue weighted by molar-refractivity contribution is 6.02. The Morgan fingerprint density at radius 2 is 2.25 bits per heavy atom. The minimum absolute atomic E-state index is 0.188. The predicted octanol–water partition coefficient (Wildman–Crippen LogP) is 1.89. The Bertz CT molecular complexity index is 693. The first-order chi connectivity index (χ1) is 9.61. The molecule has 1 heterocycles. The normalized spacial score (nSPS) is 9.75. The SMILES string of the molecule is Cc1ccc(NC(=O)c2ocnc2C)cc1C#CCO. The second-order valence-electron chi connectivity index (χ2n) is 4.21. The van der Waals surface area contributed by atoms with E-state index >= 15 is 0 Å². The molecule has 0 fully saturated rings. The lowest BCUT2D eigenvalue weighted by Crippen LogP contribution is -2.12. The fraction of sp³-hybridized carbons (Fsp3) is 0.200. The third kappa shape index (κ3) is 3.05. The lowest BCUT2D eigenvalue weighted by atomic mass is 10.1. The van der Waals surface area contributed by atoms with E-state index in [0.29, 0.717) is 11.4 Å². The van der Waals surface area contributed by atoms with Gasteiger partial charge < -0.3 is 14.8 Å². The zero-order chi connectivity index (χ0) is 14.5. The predicted molar refractivity (Wildman–Crippen MR) is 74.3 cm³/mol. The maximum atomic E-state index is 12.0. The van der Waals surface area contributed by atoms with Gasteiger partial charge in [0.2, 0.25) is 5.76 Å². The zero-order valence-corrected chi connectivity index (χ0v) is 11.2. The number of aryl methyl sites for hydroxylation is 2. The number of anilines is 1. The third-order valence-electron chi connectivity index (χ3n) is 2.75. The van der Waals surface area contributed by atoms with Gasteiger partial charge in [0.1, 0.15) is 6.61 Å². The van der Waals surface area contributed by atoms with Crippen molar-refractivity contribution in [1.29, 1.82) is 0 Å². The van der Waals surface area contributed by atoms with E-state index in [9.17, 15) is 4.79 Å². The number of oxazole rings is 1. The molecule has 0 saturated carbocycles. The standard InChI is InChI=1S/C15H14N2O3/c1-10-5-6-13(8-12(10)4-3-7-18)17-15(19)14-11(2)16-9-20-14/h5-6,8-9,18H,7H2,1-2H3,(H,17,19). The van der Waals surface area contributed by atoms with Crippen LogP contribution in [0.4, 0.5) is 5.69 Å². The Morgan fingerprint density at radius 3 is 2.90 bits per heavy atom. The van der Waals surface area contributed by atoms with Gasteiger partial charge in [-0.2, -0.15) is 0 Å². The van der Waals surface area contributed by atoms with E-state index < -0.39 is 0 Å². The van der Waals surface area contributed by atoms with Crippen molar-refractivity contribution in [1.82, 2.24) is 4.98 Å². The summed E-state index contributed by atoms with van der Waals surface area (Å²) < 4.78 is 5.03. The Kier molecular flexibility index (Phi) is 4.18. The van der Waals surface area contributed by atoms with Gasteiger partial charge in [-0.3, -0.25) is 4.79 Å². The monoisotopic (exact) mass is 270 g/mol. The molecule has 0 aliphatic carbocycles. The summed E-state index contributed by atoms with van der Waals surface area (Å²) in [6.07, 6.45) is 1.23. The Balaban J connectivity index is 2.22. The summed E-state index contributed by atoms with van der Waals surface area (Å²) in [6.45, 7) is 3.41. The largest absolute Gasteiger partial charge is 0.438 e. The molecule has 102 valence electrons. The lowest BCUT2D eigenvalue weighted by molar-refractivity contribution is 0.0996. The number of aliphatic hydroxyl groups excluding tert-OH is 1. The van der Waals surface area contributed by atoms with E-state index in [-0.39, 0.29) is 18.3 Å². The summed E-state index contributed by atoms with van der Waals surface area (Å²) in [5.41, 5.74) is 2.87. The van der Waals surface area contributed by atoms with Gasteiger partial charge in [0.05, 0.1) is 5.69 Å². The van der Waals surface area contributed by atoms with Crippen LogP contribution in [0.2, 0.25) is 0 Å². The minimum Gasteiger partial charge on any atom is -0.438 e. The summed E-state index contributed by atoms with van der Waals surface area (Å²) >= 11 is 0. The second kappa shape index (κ2) is 6.04. The summed E-state index contributed by atoms with van der Waals surface area (Å²) in [6, 6.07) is 5.38. The van der Waals surface area contributed by atoms with Crippen molar-refractivity contribution in [3.05, 3.63) is 47.2 Å². The zero-order valence-electron chi connectivity index (χ0n) is 11.2. The number of carbonyl (C=O) groups is 1. The van der Waals surface area contributed by atoms with Crippen LogP contribution in [0, 0.1) is 25.7 Å². The van der Waals surface area contributed by atoms with Gasteiger partial charge in [-0.05, 0) is 31.5 Å². The number of nitrogens with one attached hydrogen (secondary N) is 1. The van der Waals surface area contributed by atoms with Crippen LogP contribution in [0.15, 0.2) is 29.0 Å². The number of amides is 1. The number of nitrogens with zero attached hydrogens (tertiary/aromatic N) is 1. The number of benzene rings is 1. The molecule has 0 atom stereocenters. The van der Waals surface area contributed by atoms with Crippen LogP contribution in [-0.4, -0.2) is 22.6 Å². The first-order valence-corrected chi connectivity index (χ1v) is 6.03. The van der Waals surface area contributed by atoms with E-state index in [1.165, 1.54) is 6.39 Å². The van der Waals surface area contributed by atoms with Gasteiger partial charge in [0, 0.05) is 11.3 Å². The smallest absolute Gasteiger partial charge is 0.293 e. The molecule has 1 aromatic heterocycles. The van der Waals surface area contributed by atoms with E-state index in [1.807, 2.05) is 13.0 Å². The average Bonchev–Trinajstić information content (AvgIpc) is 2.85. The summed E-state index contributed by atoms with van der Waals surface area (Å²) in [5.74, 6) is 5.25. The molecule has 2 aromatic rings. The minimum atomic E-state index is -0.357. The topological polar surface area (TPSA) is 75.4 Å². The van der Waals surface area contributed by atoms with Crippen LogP contribution < -0.4 is 5.32 Å². The molecule has 2 N–H and O–H groups in total. The van der Waals surface area contributed by atoms with E-state index in [2.05, 4.69) is 22.1 Å². The number of hydrogen-bond acceptors (Lipinski definition) is 4. The molecule has 5 nitrogen and oxygen atoms in total. The molecule has 0 saturated heterocycles. The van der Waals surface area contributed by atoms with Gasteiger partial charge >= 0.3 is 0 Å². The van der Waals surface area contributed by atoms with Crippen LogP contribution in [0.5, 0.6) is 0 Å². The fourth-order valence-electron chi connectivity index (χ4n) is 1.68. The first-order valence-electron chi connectivity index (χ1n) is 6.03. The molecule has 0 aliphatic rings. The number of hydrogen-bond donors (Lipinski definition) is 2. The van der Waals surface area contributed by atoms with Crippen molar-refractivity contribution in [2.45, 2.75) is 13.8 Å². The molecule has 1 aromatic carbocycles. The van der Waals surface area contributed by atoms with Crippen molar-refractivity contribution in [2.75, 3.05) is 11.9 Å². The van der Waals surface area contributed by atoms with Crippen LogP contribution in [0.25, 0.3) is 0 Å². The van der Waals surface area contributed by atoms with Gasteiger partial charge in [-0.1, -0.05) is 17.9 Å². The third-order valence-corrected chi connectivity index (χ3v) is 2.75. The summed E-state index contributed by atoms with van der Waals surface area (Å²) in [7, 11) is 0. The molecule has 20 heavy (non-hydrogen) atoms. The van der Waals surface area contributed by atoms with Crippen molar-refractivity contribution >= 4 is 11.6 Å². The quantitative estimate of drug-likeness (QED) is 0.817. The van der Waals surface area contributed by atoms with E-state index in [0.717, 1.165) is 11.1 Å². The van der Waals surface area contributed by atoms with Gasteiger partial charge in [-0.15, -0.1) is 0 Å². The van der Waals surface area contributed by atoms with Gasteiger partial charge in [0.25, 0.3) is 5.91 Å². The van der Waals surface area contributed by atoms with Crippen molar-refractivity contribution < 1.29 is 14.3 Å². The molecule has 2 rings (SSSR count). The van der Waals surface area contributed by atoms with Crippen molar-refractivity contribution in [2.24, 2.45) is 0 Å². The molecule has 5 heteroatoms. The van der Waals surface area contributed by atoms with Crippen molar-refractivity contribution in [3.63, 3.8) is 0 Å². The summed E-state index contributed by atoms with van der Waals surface area (Å²) in [4.78, 5) is 15.9. The van der Waals surface area contributed by atoms with Gasteiger partial charge in [0.15, 0.2) is 6.39 Å². The van der Waals surface area contributed by atoms with Crippen LogP contribution in [-0.2, 0) is 0 Å². The van der Waals surface area contributed by atoms with Crippen LogP contribution >= 0.6 is 0 Å². The average molecular weight is 270 g/mol. The van der Waals surface area contributed by atoms with E-state index in [1.54, 1.807) is 19.1 Å². The molecule has 0 radical (unpaired) electrons. The molecule has 0 unspecified atom stereocenters. The second-order valence-corrected chi connectivity index (χ2v) is 4.21. The molecule has 0 aliphatic heterocycles. The maximum Gasteiger partial charge on any atom is 0.293 e. The highest BCUT2D eigenvalue weighted by Gasteiger charge is 2.14. The highest BCUT2D eigenvalue weighted by atomic mass is 16.3.